The number of carbonyl (C=O) groups excluding carboxylic acids is 1. The molecular weight excluding hydrogens is 200 g/mol. The molecule has 0 saturated heterocycles. The van der Waals surface area contributed by atoms with Gasteiger partial charge in [-0.05, 0) is 12.8 Å². The van der Waals surface area contributed by atoms with Crippen LogP contribution in [-0.2, 0) is 9.53 Å². The molecule has 0 aliphatic rings. The zero-order valence-electron chi connectivity index (χ0n) is 10.7. The second kappa shape index (κ2) is 12.1. The lowest BCUT2D eigenvalue weighted by Crippen LogP contribution is -2.03. The Hall–Kier alpha value is -0.970. The zero-order valence-corrected chi connectivity index (χ0v) is 10.7. The van der Waals surface area contributed by atoms with E-state index in [-0.39, 0.29) is 5.97 Å². The molecule has 0 radical (unpaired) electrons. The average molecular weight is 224 g/mol. The van der Waals surface area contributed by atoms with Crippen molar-refractivity contribution in [2.75, 3.05) is 6.61 Å². The van der Waals surface area contributed by atoms with Crippen molar-refractivity contribution in [3.63, 3.8) is 0 Å². The molecule has 0 aromatic rings. The van der Waals surface area contributed by atoms with Crippen LogP contribution in [0.25, 0.3) is 0 Å². The molecule has 0 aromatic heterocycles. The van der Waals surface area contributed by atoms with Crippen LogP contribution in [0.4, 0.5) is 0 Å². The second-order valence-electron chi connectivity index (χ2n) is 3.80. The van der Waals surface area contributed by atoms with E-state index in [1.165, 1.54) is 19.3 Å². The topological polar surface area (TPSA) is 26.3 Å². The molecule has 0 spiro atoms. The Bertz CT molecular complexity index is 223. The molecule has 0 aliphatic heterocycles. The number of rotatable bonds is 8. The molecule has 0 amide bonds. The third-order valence-corrected chi connectivity index (χ3v) is 2.30. The van der Waals surface area contributed by atoms with Crippen molar-refractivity contribution in [3.8, 4) is 11.8 Å². The Morgan fingerprint density at radius 3 is 2.38 bits per heavy atom. The third kappa shape index (κ3) is 11.1. The maximum absolute atomic E-state index is 10.8. The van der Waals surface area contributed by atoms with E-state index in [4.69, 9.17) is 4.74 Å². The molecule has 0 saturated carbocycles. The van der Waals surface area contributed by atoms with Gasteiger partial charge in [0.1, 0.15) is 0 Å². The van der Waals surface area contributed by atoms with Crippen molar-refractivity contribution in [1.29, 1.82) is 0 Å². The lowest BCUT2D eigenvalue weighted by molar-refractivity contribution is -0.143. The summed E-state index contributed by atoms with van der Waals surface area (Å²) >= 11 is 0. The van der Waals surface area contributed by atoms with Crippen LogP contribution in [0.15, 0.2) is 0 Å². The van der Waals surface area contributed by atoms with Crippen LogP contribution >= 0.6 is 0 Å². The van der Waals surface area contributed by atoms with Crippen molar-refractivity contribution >= 4 is 5.97 Å². The number of esters is 1. The highest BCUT2D eigenvalue weighted by atomic mass is 16.5. The average Bonchev–Trinajstić information content (AvgIpc) is 2.31. The maximum atomic E-state index is 10.8. The first-order valence-electron chi connectivity index (χ1n) is 6.42. The highest BCUT2D eigenvalue weighted by Gasteiger charge is 1.96. The predicted molar refractivity (Wildman–Crippen MR) is 67.0 cm³/mol. The summed E-state index contributed by atoms with van der Waals surface area (Å²) in [5.74, 6) is 6.12. The van der Waals surface area contributed by atoms with Crippen molar-refractivity contribution in [3.05, 3.63) is 0 Å². The fraction of sp³-hybridized carbons (Fsp3) is 0.786. The van der Waals surface area contributed by atoms with Gasteiger partial charge in [0.25, 0.3) is 0 Å². The van der Waals surface area contributed by atoms with E-state index in [2.05, 4.69) is 18.8 Å². The van der Waals surface area contributed by atoms with Gasteiger partial charge >= 0.3 is 5.97 Å². The molecule has 0 heterocycles. The van der Waals surface area contributed by atoms with Crippen molar-refractivity contribution in [1.82, 2.24) is 0 Å². The molecule has 0 aromatic carbocycles. The van der Waals surface area contributed by atoms with E-state index < -0.39 is 0 Å². The Morgan fingerprint density at radius 2 is 1.69 bits per heavy atom. The molecule has 2 nitrogen and oxygen atoms in total. The first-order valence-corrected chi connectivity index (χ1v) is 6.42. The van der Waals surface area contributed by atoms with Crippen LogP contribution in [0, 0.1) is 11.8 Å². The van der Waals surface area contributed by atoms with Gasteiger partial charge in [-0.25, -0.2) is 0 Å². The Balaban J connectivity index is 3.07. The summed E-state index contributed by atoms with van der Waals surface area (Å²) in [5.41, 5.74) is 0. The Kier molecular flexibility index (Phi) is 11.4. The van der Waals surface area contributed by atoms with Crippen LogP contribution in [0.5, 0.6) is 0 Å². The fourth-order valence-corrected chi connectivity index (χ4v) is 1.35. The molecule has 0 atom stereocenters. The molecular formula is C14H24O2. The van der Waals surface area contributed by atoms with Crippen LogP contribution in [0.3, 0.4) is 0 Å². The summed E-state index contributed by atoms with van der Waals surface area (Å²) in [6.07, 6.45) is 8.27. The maximum Gasteiger partial charge on any atom is 0.305 e. The zero-order chi connectivity index (χ0) is 12.1. The monoisotopic (exact) mass is 224 g/mol. The fourth-order valence-electron chi connectivity index (χ4n) is 1.35. The Morgan fingerprint density at radius 1 is 1.00 bits per heavy atom. The molecule has 2 heteroatoms. The molecule has 0 aliphatic carbocycles. The standard InChI is InChI=1S/C14H24O2/c1-3-5-6-7-8-9-10-11-12-13-16-14(15)4-2/h3-4,7-13H2,1-2H3. The number of hydrogen-bond donors (Lipinski definition) is 0. The van der Waals surface area contributed by atoms with E-state index in [0.29, 0.717) is 13.0 Å². The van der Waals surface area contributed by atoms with E-state index in [0.717, 1.165) is 25.7 Å². The summed E-state index contributed by atoms with van der Waals surface area (Å²) in [7, 11) is 0. The van der Waals surface area contributed by atoms with Gasteiger partial charge in [-0.2, -0.15) is 0 Å². The van der Waals surface area contributed by atoms with E-state index in [1.807, 2.05) is 6.92 Å². The van der Waals surface area contributed by atoms with E-state index >= 15 is 0 Å². The van der Waals surface area contributed by atoms with Crippen LogP contribution in [0.2, 0.25) is 0 Å². The lowest BCUT2D eigenvalue weighted by atomic mass is 10.1. The number of carbonyl (C=O) groups is 1. The van der Waals surface area contributed by atoms with Gasteiger partial charge in [-0.15, -0.1) is 11.8 Å². The van der Waals surface area contributed by atoms with Gasteiger partial charge < -0.3 is 4.74 Å². The highest BCUT2D eigenvalue weighted by Crippen LogP contribution is 2.05. The van der Waals surface area contributed by atoms with Crippen LogP contribution < -0.4 is 0 Å². The SMILES string of the molecule is CCC#CCCCCCCCOC(=O)CC. The molecule has 92 valence electrons. The van der Waals surface area contributed by atoms with Gasteiger partial charge in [-0.1, -0.05) is 33.1 Å². The molecule has 0 rings (SSSR count). The first kappa shape index (κ1) is 15.0. The van der Waals surface area contributed by atoms with Crippen molar-refractivity contribution in [2.24, 2.45) is 0 Å². The molecule has 0 N–H and O–H groups in total. The van der Waals surface area contributed by atoms with Gasteiger partial charge in [0.2, 0.25) is 0 Å². The largest absolute Gasteiger partial charge is 0.466 e. The van der Waals surface area contributed by atoms with Crippen molar-refractivity contribution < 1.29 is 9.53 Å². The molecule has 0 unspecified atom stereocenters. The van der Waals surface area contributed by atoms with Gasteiger partial charge in [-0.3, -0.25) is 4.79 Å². The summed E-state index contributed by atoms with van der Waals surface area (Å²) in [4.78, 5) is 10.8. The summed E-state index contributed by atoms with van der Waals surface area (Å²) in [6, 6.07) is 0. The first-order chi connectivity index (χ1) is 7.81. The summed E-state index contributed by atoms with van der Waals surface area (Å²) < 4.78 is 4.99. The molecule has 0 fully saturated rings. The highest BCUT2D eigenvalue weighted by molar-refractivity contribution is 5.68. The summed E-state index contributed by atoms with van der Waals surface area (Å²) in [6.45, 7) is 4.48. The molecule has 16 heavy (non-hydrogen) atoms. The minimum Gasteiger partial charge on any atom is -0.466 e. The van der Waals surface area contributed by atoms with E-state index in [9.17, 15) is 4.79 Å². The van der Waals surface area contributed by atoms with Gasteiger partial charge in [0, 0.05) is 19.3 Å². The quantitative estimate of drug-likeness (QED) is 0.357. The third-order valence-electron chi connectivity index (χ3n) is 2.30. The van der Waals surface area contributed by atoms with Gasteiger partial charge in [0.15, 0.2) is 0 Å². The second-order valence-corrected chi connectivity index (χ2v) is 3.80. The number of unbranched alkanes of at least 4 members (excludes halogenated alkanes) is 5. The minimum atomic E-state index is -0.0881. The molecule has 0 bridgehead atoms. The van der Waals surface area contributed by atoms with Crippen molar-refractivity contribution in [2.45, 2.75) is 65.2 Å². The van der Waals surface area contributed by atoms with E-state index in [1.54, 1.807) is 0 Å². The predicted octanol–water partition coefficient (Wildman–Crippen LogP) is 3.69. The normalized spacial score (nSPS) is 9.38. The van der Waals surface area contributed by atoms with Gasteiger partial charge in [0.05, 0.1) is 6.61 Å². The Labute approximate surface area is 99.8 Å². The van der Waals surface area contributed by atoms with Crippen LogP contribution in [-0.4, -0.2) is 12.6 Å². The minimum absolute atomic E-state index is 0.0881. The smallest absolute Gasteiger partial charge is 0.305 e. The number of hydrogen-bond acceptors (Lipinski definition) is 2. The number of ether oxygens (including phenoxy) is 1. The summed E-state index contributed by atoms with van der Waals surface area (Å²) in [5, 5.41) is 0. The van der Waals surface area contributed by atoms with Crippen LogP contribution in [0.1, 0.15) is 65.2 Å². The lowest BCUT2D eigenvalue weighted by Gasteiger charge is -2.02.